The number of nitrogens with one attached hydrogen (secondary N) is 1. The number of para-hydroxylation sites is 1. The van der Waals surface area contributed by atoms with E-state index < -0.39 is 0 Å². The molecular formula is C16H17Br2N. The maximum Gasteiger partial charge on any atom is 0.0628 e. The van der Waals surface area contributed by atoms with Crippen LogP contribution in [0.1, 0.15) is 24.8 Å². The summed E-state index contributed by atoms with van der Waals surface area (Å²) in [7, 11) is 0. The van der Waals surface area contributed by atoms with Crippen molar-refractivity contribution in [3.05, 3.63) is 63.0 Å². The molecule has 0 saturated carbocycles. The quantitative estimate of drug-likeness (QED) is 0.687. The number of anilines is 1. The van der Waals surface area contributed by atoms with Gasteiger partial charge in [0.1, 0.15) is 0 Å². The molecule has 0 saturated heterocycles. The largest absolute Gasteiger partial charge is 0.383 e. The van der Waals surface area contributed by atoms with Crippen LogP contribution in [-0.4, -0.2) is 6.54 Å². The summed E-state index contributed by atoms with van der Waals surface area (Å²) in [6, 6.07) is 16.8. The van der Waals surface area contributed by atoms with Gasteiger partial charge in [0.2, 0.25) is 0 Å². The molecule has 0 bridgehead atoms. The summed E-state index contributed by atoms with van der Waals surface area (Å²) >= 11 is 7.13. The fourth-order valence-corrected chi connectivity index (χ4v) is 3.31. The molecule has 1 nitrogen and oxygen atoms in total. The van der Waals surface area contributed by atoms with E-state index in [4.69, 9.17) is 0 Å². The van der Waals surface area contributed by atoms with E-state index in [1.54, 1.807) is 0 Å². The van der Waals surface area contributed by atoms with Gasteiger partial charge < -0.3 is 5.32 Å². The average Bonchev–Trinajstić information content (AvgIpc) is 2.43. The van der Waals surface area contributed by atoms with Crippen molar-refractivity contribution in [1.82, 2.24) is 0 Å². The normalized spacial score (nSPS) is 12.2. The minimum absolute atomic E-state index is 0.565. The summed E-state index contributed by atoms with van der Waals surface area (Å²) in [5.74, 6) is 0.565. The molecule has 0 heterocycles. The fourth-order valence-electron chi connectivity index (χ4n) is 2.03. The molecule has 0 aliphatic carbocycles. The summed E-state index contributed by atoms with van der Waals surface area (Å²) < 4.78 is 2.18. The van der Waals surface area contributed by atoms with E-state index in [1.807, 2.05) is 18.2 Å². The zero-order valence-electron chi connectivity index (χ0n) is 10.9. The van der Waals surface area contributed by atoms with Crippen LogP contribution in [0.4, 0.5) is 5.69 Å². The highest BCUT2D eigenvalue weighted by molar-refractivity contribution is 9.11. The van der Waals surface area contributed by atoms with Gasteiger partial charge >= 0.3 is 0 Å². The first-order valence-electron chi connectivity index (χ1n) is 6.41. The van der Waals surface area contributed by atoms with Gasteiger partial charge in [-0.2, -0.15) is 0 Å². The van der Waals surface area contributed by atoms with Crippen LogP contribution in [0.3, 0.4) is 0 Å². The first-order valence-corrected chi connectivity index (χ1v) is 8.00. The van der Waals surface area contributed by atoms with Crippen molar-refractivity contribution in [2.45, 2.75) is 19.3 Å². The van der Waals surface area contributed by atoms with E-state index in [-0.39, 0.29) is 0 Å². The Labute approximate surface area is 131 Å². The van der Waals surface area contributed by atoms with Crippen LogP contribution in [0, 0.1) is 0 Å². The Hall–Kier alpha value is -0.800. The molecule has 2 rings (SSSR count). The van der Waals surface area contributed by atoms with Gasteiger partial charge in [0.15, 0.2) is 0 Å². The second kappa shape index (κ2) is 7.11. The molecule has 0 amide bonds. The molecule has 2 aromatic carbocycles. The smallest absolute Gasteiger partial charge is 0.0628 e. The highest BCUT2D eigenvalue weighted by Crippen LogP contribution is 2.30. The predicted molar refractivity (Wildman–Crippen MR) is 89.8 cm³/mol. The third kappa shape index (κ3) is 4.08. The van der Waals surface area contributed by atoms with Gasteiger partial charge in [-0.05, 0) is 61.9 Å². The molecule has 0 spiro atoms. The van der Waals surface area contributed by atoms with Crippen molar-refractivity contribution in [3.63, 3.8) is 0 Å². The van der Waals surface area contributed by atoms with Gasteiger partial charge in [-0.1, -0.05) is 43.3 Å². The van der Waals surface area contributed by atoms with Crippen LogP contribution in [0.2, 0.25) is 0 Å². The summed E-state index contributed by atoms with van der Waals surface area (Å²) in [5.41, 5.74) is 2.53. The van der Waals surface area contributed by atoms with Crippen LogP contribution < -0.4 is 5.32 Å². The molecule has 1 N–H and O–H groups in total. The van der Waals surface area contributed by atoms with E-state index in [0.29, 0.717) is 5.92 Å². The average molecular weight is 383 g/mol. The van der Waals surface area contributed by atoms with Crippen LogP contribution in [0.5, 0.6) is 0 Å². The van der Waals surface area contributed by atoms with Gasteiger partial charge in [0.05, 0.1) is 5.69 Å². The zero-order chi connectivity index (χ0) is 13.7. The number of hydrogen-bond donors (Lipinski definition) is 1. The minimum atomic E-state index is 0.565. The Bertz CT molecular complexity index is 505. The molecule has 1 unspecified atom stereocenters. The van der Waals surface area contributed by atoms with Crippen LogP contribution in [0.25, 0.3) is 0 Å². The molecule has 3 heteroatoms. The standard InChI is InChI=1S/C16H17Br2N/c1-12(13-6-3-2-4-7-13)10-11-19-16-14(17)8-5-9-15(16)18/h2-9,12,19H,10-11H2,1H3. The second-order valence-electron chi connectivity index (χ2n) is 4.62. The summed E-state index contributed by atoms with van der Waals surface area (Å²) in [5, 5.41) is 3.49. The van der Waals surface area contributed by atoms with Crippen molar-refractivity contribution >= 4 is 37.5 Å². The number of rotatable bonds is 5. The highest BCUT2D eigenvalue weighted by atomic mass is 79.9. The lowest BCUT2D eigenvalue weighted by Crippen LogP contribution is -2.06. The first-order chi connectivity index (χ1) is 9.18. The maximum absolute atomic E-state index is 3.57. The number of halogens is 2. The van der Waals surface area contributed by atoms with Crippen molar-refractivity contribution in [3.8, 4) is 0 Å². The van der Waals surface area contributed by atoms with E-state index in [9.17, 15) is 0 Å². The fraction of sp³-hybridized carbons (Fsp3) is 0.250. The molecule has 100 valence electrons. The molecule has 0 radical (unpaired) electrons. The monoisotopic (exact) mass is 381 g/mol. The Kier molecular flexibility index (Phi) is 5.46. The Morgan fingerprint density at radius 3 is 2.21 bits per heavy atom. The first kappa shape index (κ1) is 14.6. The molecule has 0 aromatic heterocycles. The van der Waals surface area contributed by atoms with Crippen LogP contribution in [-0.2, 0) is 0 Å². The Balaban J connectivity index is 1.90. The van der Waals surface area contributed by atoms with Gasteiger partial charge in [-0.25, -0.2) is 0 Å². The molecule has 2 aromatic rings. The Morgan fingerprint density at radius 2 is 1.58 bits per heavy atom. The SMILES string of the molecule is CC(CCNc1c(Br)cccc1Br)c1ccccc1. The second-order valence-corrected chi connectivity index (χ2v) is 6.33. The zero-order valence-corrected chi connectivity index (χ0v) is 14.0. The third-order valence-corrected chi connectivity index (χ3v) is 4.53. The van der Waals surface area contributed by atoms with Crippen LogP contribution in [0.15, 0.2) is 57.5 Å². The highest BCUT2D eigenvalue weighted by Gasteiger charge is 2.07. The van der Waals surface area contributed by atoms with E-state index in [0.717, 1.165) is 27.6 Å². The van der Waals surface area contributed by atoms with Gasteiger partial charge in [0.25, 0.3) is 0 Å². The summed E-state index contributed by atoms with van der Waals surface area (Å²) in [4.78, 5) is 0. The number of hydrogen-bond acceptors (Lipinski definition) is 1. The number of benzene rings is 2. The topological polar surface area (TPSA) is 12.0 Å². The summed E-state index contributed by atoms with van der Waals surface area (Å²) in [6.45, 7) is 3.23. The Morgan fingerprint density at radius 1 is 0.947 bits per heavy atom. The maximum atomic E-state index is 3.57. The molecule has 19 heavy (non-hydrogen) atoms. The van der Waals surface area contributed by atoms with E-state index in [1.165, 1.54) is 5.56 Å². The predicted octanol–water partition coefficient (Wildman–Crippen LogP) is 5.82. The lowest BCUT2D eigenvalue weighted by molar-refractivity contribution is 0.706. The van der Waals surface area contributed by atoms with Crippen molar-refractivity contribution in [2.24, 2.45) is 0 Å². The van der Waals surface area contributed by atoms with Crippen LogP contribution >= 0.6 is 31.9 Å². The van der Waals surface area contributed by atoms with Crippen molar-refractivity contribution < 1.29 is 0 Å². The third-order valence-electron chi connectivity index (χ3n) is 3.21. The van der Waals surface area contributed by atoms with Crippen molar-refractivity contribution in [2.75, 3.05) is 11.9 Å². The lowest BCUT2D eigenvalue weighted by Gasteiger charge is -2.14. The minimum Gasteiger partial charge on any atom is -0.383 e. The summed E-state index contributed by atoms with van der Waals surface area (Å²) in [6.07, 6.45) is 1.11. The molecular weight excluding hydrogens is 366 g/mol. The molecule has 0 aliphatic rings. The van der Waals surface area contributed by atoms with Gasteiger partial charge in [0, 0.05) is 15.5 Å². The molecule has 0 aliphatic heterocycles. The van der Waals surface area contributed by atoms with E-state index >= 15 is 0 Å². The van der Waals surface area contributed by atoms with Gasteiger partial charge in [-0.3, -0.25) is 0 Å². The molecule has 0 fully saturated rings. The van der Waals surface area contributed by atoms with Crippen molar-refractivity contribution in [1.29, 1.82) is 0 Å². The van der Waals surface area contributed by atoms with E-state index in [2.05, 4.69) is 74.4 Å². The molecule has 1 atom stereocenters. The van der Waals surface area contributed by atoms with Gasteiger partial charge in [-0.15, -0.1) is 0 Å². The lowest BCUT2D eigenvalue weighted by atomic mass is 9.98.